The number of hydrogen-bond acceptors (Lipinski definition) is 4. The molecule has 2 aliphatic rings. The molecule has 1 aromatic carbocycles. The van der Waals surface area contributed by atoms with Gasteiger partial charge in [0.15, 0.2) is 0 Å². The first-order valence-corrected chi connectivity index (χ1v) is 7.57. The van der Waals surface area contributed by atoms with Crippen molar-refractivity contribution in [1.82, 2.24) is 10.6 Å². The second kappa shape index (κ2) is 6.56. The largest absolute Gasteiger partial charge is 0.376 e. The number of fused-ring (bicyclic) bond motifs is 1. The van der Waals surface area contributed by atoms with Gasteiger partial charge in [0.1, 0.15) is 6.10 Å². The third-order valence-electron chi connectivity index (χ3n) is 4.17. The van der Waals surface area contributed by atoms with Crippen LogP contribution in [-0.2, 0) is 15.9 Å². The first kappa shape index (κ1) is 14.5. The van der Waals surface area contributed by atoms with Gasteiger partial charge in [0.05, 0.1) is 25.9 Å². The lowest BCUT2D eigenvalue weighted by atomic mass is 9.95. The lowest BCUT2D eigenvalue weighted by Crippen LogP contribution is -2.39. The molecule has 0 bridgehead atoms. The van der Waals surface area contributed by atoms with E-state index in [2.05, 4.69) is 22.8 Å². The Morgan fingerprint density at radius 3 is 3.05 bits per heavy atom. The van der Waals surface area contributed by atoms with E-state index >= 15 is 0 Å². The summed E-state index contributed by atoms with van der Waals surface area (Å²) in [6.07, 6.45) is 1.92. The SMILES string of the molecule is CNC(c1ccc2c(c1)C(=O)NCCC2)C1COCCO1. The van der Waals surface area contributed by atoms with E-state index < -0.39 is 0 Å². The molecule has 1 aromatic rings. The van der Waals surface area contributed by atoms with Gasteiger partial charge >= 0.3 is 0 Å². The van der Waals surface area contributed by atoms with Gasteiger partial charge in [-0.25, -0.2) is 0 Å². The van der Waals surface area contributed by atoms with Crippen molar-refractivity contribution >= 4 is 5.91 Å². The van der Waals surface area contributed by atoms with Crippen LogP contribution in [0.4, 0.5) is 0 Å². The lowest BCUT2D eigenvalue weighted by molar-refractivity contribution is -0.101. The molecule has 0 saturated carbocycles. The number of aryl methyl sites for hydroxylation is 1. The predicted octanol–water partition coefficient (Wildman–Crippen LogP) is 1.04. The minimum absolute atomic E-state index is 0.0179. The Kier molecular flexibility index (Phi) is 4.53. The van der Waals surface area contributed by atoms with Gasteiger partial charge in [-0.15, -0.1) is 0 Å². The first-order valence-electron chi connectivity index (χ1n) is 7.57. The average molecular weight is 290 g/mol. The summed E-state index contributed by atoms with van der Waals surface area (Å²) in [4.78, 5) is 12.2. The van der Waals surface area contributed by atoms with E-state index in [0.717, 1.165) is 36.1 Å². The summed E-state index contributed by atoms with van der Waals surface area (Å²) in [5.41, 5.74) is 3.00. The minimum atomic E-state index is -0.0179. The molecular weight excluding hydrogens is 268 g/mol. The molecular formula is C16H22N2O3. The number of nitrogens with one attached hydrogen (secondary N) is 2. The molecule has 2 heterocycles. The molecule has 1 amide bonds. The van der Waals surface area contributed by atoms with E-state index in [4.69, 9.17) is 9.47 Å². The summed E-state index contributed by atoms with van der Waals surface area (Å²) in [5.74, 6) is 0.0278. The fourth-order valence-corrected chi connectivity index (χ4v) is 3.06. The Hall–Kier alpha value is -1.43. The third kappa shape index (κ3) is 3.10. The van der Waals surface area contributed by atoms with Crippen LogP contribution in [0.25, 0.3) is 0 Å². The number of ether oxygens (including phenoxy) is 2. The van der Waals surface area contributed by atoms with E-state index in [0.29, 0.717) is 19.8 Å². The van der Waals surface area contributed by atoms with Gasteiger partial charge in [0.2, 0.25) is 0 Å². The van der Waals surface area contributed by atoms with E-state index in [1.54, 1.807) is 0 Å². The van der Waals surface area contributed by atoms with Gasteiger partial charge in [-0.1, -0.05) is 12.1 Å². The highest BCUT2D eigenvalue weighted by atomic mass is 16.6. The van der Waals surface area contributed by atoms with Crippen molar-refractivity contribution in [1.29, 1.82) is 0 Å². The van der Waals surface area contributed by atoms with Crippen molar-refractivity contribution in [2.45, 2.75) is 25.0 Å². The van der Waals surface area contributed by atoms with E-state index in [1.165, 1.54) is 0 Å². The van der Waals surface area contributed by atoms with Crippen LogP contribution in [0, 0.1) is 0 Å². The zero-order valence-electron chi connectivity index (χ0n) is 12.4. The zero-order valence-corrected chi connectivity index (χ0v) is 12.4. The second-order valence-corrected chi connectivity index (χ2v) is 5.53. The number of likely N-dealkylation sites (N-methyl/N-ethyl adjacent to an activating group) is 1. The Morgan fingerprint density at radius 1 is 1.38 bits per heavy atom. The number of amides is 1. The van der Waals surface area contributed by atoms with Crippen molar-refractivity contribution in [2.24, 2.45) is 0 Å². The second-order valence-electron chi connectivity index (χ2n) is 5.53. The monoisotopic (exact) mass is 290 g/mol. The summed E-state index contributed by atoms with van der Waals surface area (Å²) >= 11 is 0. The predicted molar refractivity (Wildman–Crippen MR) is 79.5 cm³/mol. The maximum Gasteiger partial charge on any atom is 0.251 e. The Bertz CT molecular complexity index is 512. The molecule has 5 heteroatoms. The smallest absolute Gasteiger partial charge is 0.251 e. The normalized spacial score (nSPS) is 23.9. The molecule has 0 radical (unpaired) electrons. The third-order valence-corrected chi connectivity index (χ3v) is 4.17. The molecule has 0 spiro atoms. The van der Waals surface area contributed by atoms with Gasteiger partial charge in [-0.2, -0.15) is 0 Å². The van der Waals surface area contributed by atoms with Crippen LogP contribution in [0.1, 0.15) is 33.9 Å². The van der Waals surface area contributed by atoms with Gasteiger partial charge in [-0.3, -0.25) is 4.79 Å². The molecule has 2 aliphatic heterocycles. The summed E-state index contributed by atoms with van der Waals surface area (Å²) in [6.45, 7) is 2.60. The molecule has 21 heavy (non-hydrogen) atoms. The molecule has 2 unspecified atom stereocenters. The maximum atomic E-state index is 12.2. The van der Waals surface area contributed by atoms with Crippen molar-refractivity contribution in [3.05, 3.63) is 34.9 Å². The van der Waals surface area contributed by atoms with E-state index in [-0.39, 0.29) is 18.1 Å². The number of benzene rings is 1. The molecule has 1 saturated heterocycles. The highest BCUT2D eigenvalue weighted by Gasteiger charge is 2.26. The number of rotatable bonds is 3. The van der Waals surface area contributed by atoms with Crippen LogP contribution in [0.2, 0.25) is 0 Å². The number of carbonyl (C=O) groups is 1. The van der Waals surface area contributed by atoms with E-state index in [9.17, 15) is 4.79 Å². The maximum absolute atomic E-state index is 12.2. The molecule has 1 fully saturated rings. The fraction of sp³-hybridized carbons (Fsp3) is 0.562. The molecule has 3 rings (SSSR count). The Labute approximate surface area is 125 Å². The molecule has 5 nitrogen and oxygen atoms in total. The van der Waals surface area contributed by atoms with E-state index in [1.807, 2.05) is 13.1 Å². The van der Waals surface area contributed by atoms with Crippen molar-refractivity contribution < 1.29 is 14.3 Å². The summed E-state index contributed by atoms with van der Waals surface area (Å²) in [5, 5.41) is 6.24. The number of carbonyl (C=O) groups excluding carboxylic acids is 1. The lowest BCUT2D eigenvalue weighted by Gasteiger charge is -2.30. The summed E-state index contributed by atoms with van der Waals surface area (Å²) in [6, 6.07) is 6.20. The van der Waals surface area contributed by atoms with Gasteiger partial charge in [-0.05, 0) is 37.1 Å². The van der Waals surface area contributed by atoms with Gasteiger partial charge in [0.25, 0.3) is 5.91 Å². The standard InChI is InChI=1S/C16H22N2O3/c1-17-15(14-10-20-7-8-21-14)12-5-4-11-3-2-6-18-16(19)13(11)9-12/h4-5,9,14-15,17H,2-3,6-8,10H2,1H3,(H,18,19). The molecule has 2 atom stereocenters. The van der Waals surface area contributed by atoms with Crippen molar-refractivity contribution in [3.63, 3.8) is 0 Å². The Balaban J connectivity index is 1.88. The Morgan fingerprint density at radius 2 is 2.29 bits per heavy atom. The highest BCUT2D eigenvalue weighted by molar-refractivity contribution is 5.96. The molecule has 2 N–H and O–H groups in total. The molecule has 0 aromatic heterocycles. The van der Waals surface area contributed by atoms with Crippen LogP contribution < -0.4 is 10.6 Å². The highest BCUT2D eigenvalue weighted by Crippen LogP contribution is 2.25. The quantitative estimate of drug-likeness (QED) is 0.873. The topological polar surface area (TPSA) is 59.6 Å². The average Bonchev–Trinajstić information content (AvgIpc) is 2.71. The van der Waals surface area contributed by atoms with Gasteiger partial charge in [0, 0.05) is 12.1 Å². The molecule has 114 valence electrons. The first-order chi connectivity index (χ1) is 10.3. The number of hydrogen-bond donors (Lipinski definition) is 2. The van der Waals surface area contributed by atoms with Gasteiger partial charge < -0.3 is 20.1 Å². The zero-order chi connectivity index (χ0) is 14.7. The van der Waals surface area contributed by atoms with Crippen LogP contribution in [0.5, 0.6) is 0 Å². The summed E-state index contributed by atoms with van der Waals surface area (Å²) < 4.78 is 11.3. The fourth-order valence-electron chi connectivity index (χ4n) is 3.06. The van der Waals surface area contributed by atoms with Crippen LogP contribution in [0.15, 0.2) is 18.2 Å². The van der Waals surface area contributed by atoms with Crippen LogP contribution in [-0.4, -0.2) is 45.4 Å². The molecule has 0 aliphatic carbocycles. The van der Waals surface area contributed by atoms with Crippen LogP contribution >= 0.6 is 0 Å². The summed E-state index contributed by atoms with van der Waals surface area (Å²) in [7, 11) is 1.91. The minimum Gasteiger partial charge on any atom is -0.376 e. The van der Waals surface area contributed by atoms with Crippen LogP contribution in [0.3, 0.4) is 0 Å². The van der Waals surface area contributed by atoms with Crippen molar-refractivity contribution in [2.75, 3.05) is 33.4 Å². The van der Waals surface area contributed by atoms with Crippen molar-refractivity contribution in [3.8, 4) is 0 Å².